The van der Waals surface area contributed by atoms with Gasteiger partial charge in [0.15, 0.2) is 0 Å². The van der Waals surface area contributed by atoms with E-state index in [0.29, 0.717) is 11.3 Å². The summed E-state index contributed by atoms with van der Waals surface area (Å²) in [5.74, 6) is -0.399. The van der Waals surface area contributed by atoms with Gasteiger partial charge >= 0.3 is 5.97 Å². The van der Waals surface area contributed by atoms with Gasteiger partial charge in [0.2, 0.25) is 5.91 Å². The maximum atomic E-state index is 12.3. The summed E-state index contributed by atoms with van der Waals surface area (Å²) in [5.41, 5.74) is 0.957. The number of methoxy groups -OCH3 is 2. The zero-order valence-electron chi connectivity index (χ0n) is 13.1. The van der Waals surface area contributed by atoms with Gasteiger partial charge in [0.1, 0.15) is 5.75 Å². The molecule has 0 unspecified atom stereocenters. The van der Waals surface area contributed by atoms with Gasteiger partial charge in [0, 0.05) is 10.6 Å². The van der Waals surface area contributed by atoms with Crippen LogP contribution in [0.15, 0.2) is 36.4 Å². The van der Waals surface area contributed by atoms with E-state index in [1.54, 1.807) is 18.2 Å². The van der Waals surface area contributed by atoms with Crippen molar-refractivity contribution in [3.63, 3.8) is 0 Å². The lowest BCUT2D eigenvalue weighted by atomic mass is 10.1. The number of ether oxygens (including phenoxy) is 2. The second-order valence-corrected chi connectivity index (χ2v) is 5.68. The number of hydrogen-bond acceptors (Lipinski definition) is 4. The predicted octanol–water partition coefficient (Wildman–Crippen LogP) is 3.97. The number of para-hydroxylation sites is 1. The van der Waals surface area contributed by atoms with Crippen LogP contribution in [0.4, 0.5) is 5.69 Å². The van der Waals surface area contributed by atoms with Crippen molar-refractivity contribution < 1.29 is 19.1 Å². The Bertz CT molecular complexity index is 777. The first-order valence-electron chi connectivity index (χ1n) is 6.95. The van der Waals surface area contributed by atoms with E-state index >= 15 is 0 Å². The Morgan fingerprint density at radius 1 is 1.12 bits per heavy atom. The average molecular weight is 368 g/mol. The van der Waals surface area contributed by atoms with Crippen molar-refractivity contribution in [2.75, 3.05) is 19.5 Å². The first-order chi connectivity index (χ1) is 11.5. The summed E-state index contributed by atoms with van der Waals surface area (Å²) in [4.78, 5) is 24.2. The summed E-state index contributed by atoms with van der Waals surface area (Å²) in [5, 5.41) is 3.05. The van der Waals surface area contributed by atoms with Crippen LogP contribution in [-0.2, 0) is 16.0 Å². The molecule has 0 saturated carbocycles. The lowest BCUT2D eigenvalue weighted by molar-refractivity contribution is -0.115. The molecule has 0 aromatic heterocycles. The van der Waals surface area contributed by atoms with Crippen LogP contribution in [0.1, 0.15) is 15.9 Å². The highest BCUT2D eigenvalue weighted by Crippen LogP contribution is 2.31. The molecule has 1 N–H and O–H groups in total. The highest BCUT2D eigenvalue weighted by Gasteiger charge is 2.19. The minimum Gasteiger partial charge on any atom is -0.496 e. The third kappa shape index (κ3) is 4.19. The van der Waals surface area contributed by atoms with Crippen molar-refractivity contribution in [2.45, 2.75) is 6.42 Å². The molecule has 1 amide bonds. The first kappa shape index (κ1) is 18.1. The molecule has 0 aliphatic rings. The normalized spacial score (nSPS) is 10.2. The van der Waals surface area contributed by atoms with Gasteiger partial charge in [-0.15, -0.1) is 0 Å². The first-order valence-corrected chi connectivity index (χ1v) is 7.71. The highest BCUT2D eigenvalue weighted by molar-refractivity contribution is 6.37. The number of halogens is 2. The Hall–Kier alpha value is -2.24. The zero-order chi connectivity index (χ0) is 17.7. The molecule has 0 aliphatic heterocycles. The van der Waals surface area contributed by atoms with Gasteiger partial charge in [-0.05, 0) is 18.2 Å². The minimum absolute atomic E-state index is 0.0591. The highest BCUT2D eigenvalue weighted by atomic mass is 35.5. The fraction of sp³-hybridized carbons (Fsp3) is 0.176. The van der Waals surface area contributed by atoms with Crippen molar-refractivity contribution >= 4 is 40.8 Å². The van der Waals surface area contributed by atoms with Crippen molar-refractivity contribution in [2.24, 2.45) is 0 Å². The van der Waals surface area contributed by atoms with E-state index in [9.17, 15) is 9.59 Å². The van der Waals surface area contributed by atoms with Gasteiger partial charge in [0.25, 0.3) is 0 Å². The lowest BCUT2D eigenvalue weighted by Gasteiger charge is -2.13. The summed E-state index contributed by atoms with van der Waals surface area (Å²) in [6, 6.07) is 9.99. The molecular weight excluding hydrogens is 353 g/mol. The van der Waals surface area contributed by atoms with E-state index in [4.69, 9.17) is 32.7 Å². The standard InChI is InChI=1S/C17H15Cl2NO4/c1-23-14-6-4-3-5-10(14)7-15(21)20-16-12(17(22)24-2)8-11(18)9-13(16)19/h3-6,8-9H,7H2,1-2H3,(H,20,21). The predicted molar refractivity (Wildman–Crippen MR) is 93.1 cm³/mol. The van der Waals surface area contributed by atoms with E-state index < -0.39 is 5.97 Å². The number of benzene rings is 2. The third-order valence-corrected chi connectivity index (χ3v) is 3.78. The second kappa shape index (κ2) is 8.04. The van der Waals surface area contributed by atoms with Crippen molar-refractivity contribution in [3.05, 3.63) is 57.6 Å². The number of carbonyl (C=O) groups excluding carboxylic acids is 2. The van der Waals surface area contributed by atoms with Crippen LogP contribution in [0.3, 0.4) is 0 Å². The molecule has 2 aromatic rings. The number of carbonyl (C=O) groups is 2. The third-order valence-electron chi connectivity index (χ3n) is 3.27. The number of anilines is 1. The quantitative estimate of drug-likeness (QED) is 0.812. The minimum atomic E-state index is -0.646. The molecule has 24 heavy (non-hydrogen) atoms. The van der Waals surface area contributed by atoms with Gasteiger partial charge in [-0.2, -0.15) is 0 Å². The van der Waals surface area contributed by atoms with E-state index in [-0.39, 0.29) is 33.6 Å². The number of nitrogens with one attached hydrogen (secondary N) is 1. The Morgan fingerprint density at radius 2 is 1.83 bits per heavy atom. The van der Waals surface area contributed by atoms with E-state index in [2.05, 4.69) is 5.32 Å². The molecule has 126 valence electrons. The average Bonchev–Trinajstić information content (AvgIpc) is 2.56. The van der Waals surface area contributed by atoms with Gasteiger partial charge in [0.05, 0.1) is 36.9 Å². The molecule has 0 atom stereocenters. The molecule has 5 nitrogen and oxygen atoms in total. The molecule has 7 heteroatoms. The van der Waals surface area contributed by atoms with Crippen molar-refractivity contribution in [1.29, 1.82) is 0 Å². The van der Waals surface area contributed by atoms with Gasteiger partial charge < -0.3 is 14.8 Å². The number of hydrogen-bond donors (Lipinski definition) is 1. The van der Waals surface area contributed by atoms with Crippen LogP contribution in [0.5, 0.6) is 5.75 Å². The summed E-state index contributed by atoms with van der Waals surface area (Å²) in [7, 11) is 2.76. The number of esters is 1. The maximum Gasteiger partial charge on any atom is 0.340 e. The molecule has 0 bridgehead atoms. The Morgan fingerprint density at radius 3 is 2.50 bits per heavy atom. The zero-order valence-corrected chi connectivity index (χ0v) is 14.6. The molecule has 0 fully saturated rings. The lowest BCUT2D eigenvalue weighted by Crippen LogP contribution is -2.18. The largest absolute Gasteiger partial charge is 0.496 e. The fourth-order valence-corrected chi connectivity index (χ4v) is 2.72. The smallest absolute Gasteiger partial charge is 0.340 e. The van der Waals surface area contributed by atoms with Crippen LogP contribution in [0.25, 0.3) is 0 Å². The van der Waals surface area contributed by atoms with Crippen LogP contribution >= 0.6 is 23.2 Å². The van der Waals surface area contributed by atoms with Crippen molar-refractivity contribution in [3.8, 4) is 5.75 Å². The Balaban J connectivity index is 2.27. The fourth-order valence-electron chi connectivity index (χ4n) is 2.18. The molecule has 0 aliphatic carbocycles. The summed E-state index contributed by atoms with van der Waals surface area (Å²) < 4.78 is 9.91. The van der Waals surface area contributed by atoms with E-state index in [1.807, 2.05) is 6.07 Å². The van der Waals surface area contributed by atoms with Crippen LogP contribution < -0.4 is 10.1 Å². The Labute approximate surface area is 149 Å². The molecule has 0 saturated heterocycles. The molecule has 0 heterocycles. The van der Waals surface area contributed by atoms with Crippen LogP contribution in [0.2, 0.25) is 10.0 Å². The van der Waals surface area contributed by atoms with Gasteiger partial charge in [-0.25, -0.2) is 4.79 Å². The molecule has 2 rings (SSSR count). The van der Waals surface area contributed by atoms with E-state index in [1.165, 1.54) is 26.4 Å². The van der Waals surface area contributed by atoms with Crippen LogP contribution in [-0.4, -0.2) is 26.1 Å². The molecular formula is C17H15Cl2NO4. The molecule has 2 aromatic carbocycles. The molecule has 0 spiro atoms. The number of rotatable bonds is 5. The molecule has 0 radical (unpaired) electrons. The summed E-state index contributed by atoms with van der Waals surface area (Å²) in [6.45, 7) is 0. The van der Waals surface area contributed by atoms with Crippen LogP contribution in [0, 0.1) is 0 Å². The maximum absolute atomic E-state index is 12.3. The number of amides is 1. The topological polar surface area (TPSA) is 64.6 Å². The van der Waals surface area contributed by atoms with Crippen molar-refractivity contribution in [1.82, 2.24) is 0 Å². The summed E-state index contributed by atoms with van der Waals surface area (Å²) in [6.07, 6.45) is 0.0591. The monoisotopic (exact) mass is 367 g/mol. The summed E-state index contributed by atoms with van der Waals surface area (Å²) >= 11 is 12.0. The van der Waals surface area contributed by atoms with Gasteiger partial charge in [-0.3, -0.25) is 4.79 Å². The van der Waals surface area contributed by atoms with Gasteiger partial charge in [-0.1, -0.05) is 41.4 Å². The van der Waals surface area contributed by atoms with E-state index in [0.717, 1.165) is 0 Å². The second-order valence-electron chi connectivity index (χ2n) is 4.84. The Kier molecular flexibility index (Phi) is 6.06. The SMILES string of the molecule is COC(=O)c1cc(Cl)cc(Cl)c1NC(=O)Cc1ccccc1OC.